The number of pyridine rings is 1. The Hall–Kier alpha value is -3.79. The van der Waals surface area contributed by atoms with Gasteiger partial charge >= 0.3 is 0 Å². The van der Waals surface area contributed by atoms with E-state index in [9.17, 15) is 13.6 Å². The van der Waals surface area contributed by atoms with Crippen molar-refractivity contribution in [3.63, 3.8) is 0 Å². The first-order chi connectivity index (χ1) is 16.4. The highest BCUT2D eigenvalue weighted by Gasteiger charge is 2.30. The van der Waals surface area contributed by atoms with Crippen molar-refractivity contribution in [3.05, 3.63) is 66.1 Å². The number of fused-ring (bicyclic) bond motifs is 1. The second-order valence-corrected chi connectivity index (χ2v) is 10.8. The molecule has 1 saturated heterocycles. The molecule has 0 amide bonds. The summed E-state index contributed by atoms with van der Waals surface area (Å²) in [5, 5.41) is 17.2. The van der Waals surface area contributed by atoms with Crippen LogP contribution < -0.4 is 5.73 Å². The molecule has 174 valence electrons. The van der Waals surface area contributed by atoms with Crippen LogP contribution in [0.1, 0.15) is 36.9 Å². The van der Waals surface area contributed by atoms with Crippen molar-refractivity contribution in [2.24, 2.45) is 5.16 Å². The maximum absolute atomic E-state index is 12.0. The van der Waals surface area contributed by atoms with E-state index in [2.05, 4.69) is 15.2 Å². The quantitative estimate of drug-likeness (QED) is 0.261. The zero-order chi connectivity index (χ0) is 23.9. The van der Waals surface area contributed by atoms with Gasteiger partial charge in [0.1, 0.15) is 15.7 Å². The Balaban J connectivity index is 1.62. The Morgan fingerprint density at radius 1 is 1.09 bits per heavy atom. The third kappa shape index (κ3) is 3.90. The molecule has 0 saturated carbocycles. The maximum atomic E-state index is 12.0. The fraction of sp³-hybridized carbons (Fsp3) is 0.250. The summed E-state index contributed by atoms with van der Waals surface area (Å²) in [4.78, 5) is 9.51. The van der Waals surface area contributed by atoms with Gasteiger partial charge in [-0.05, 0) is 25.8 Å². The summed E-state index contributed by atoms with van der Waals surface area (Å²) in [6, 6.07) is 13.8. The summed E-state index contributed by atoms with van der Waals surface area (Å²) in [6.07, 6.45) is 4.33. The van der Waals surface area contributed by atoms with Gasteiger partial charge in [0.2, 0.25) is 0 Å². The number of rotatable bonds is 4. The fourth-order valence-corrected chi connectivity index (χ4v) is 5.94. The van der Waals surface area contributed by atoms with Crippen molar-refractivity contribution in [2.75, 3.05) is 17.2 Å². The summed E-state index contributed by atoms with van der Waals surface area (Å²) >= 11 is 0. The number of nitrogens with zero attached hydrogens (tertiary/aromatic N) is 5. The van der Waals surface area contributed by atoms with Gasteiger partial charge < -0.3 is 10.9 Å². The first-order valence-electron chi connectivity index (χ1n) is 11.0. The lowest BCUT2D eigenvalue weighted by atomic mass is 9.93. The molecule has 1 aliphatic heterocycles. The van der Waals surface area contributed by atoms with Crippen LogP contribution in [0.4, 0.5) is 5.82 Å². The highest BCUT2D eigenvalue weighted by Crippen LogP contribution is 2.35. The number of nitrogens with two attached hydrogens (primary N) is 1. The minimum absolute atomic E-state index is 0.0934. The number of sulfone groups is 1. The molecule has 0 aliphatic carbocycles. The van der Waals surface area contributed by atoms with Gasteiger partial charge in [0, 0.05) is 28.8 Å². The lowest BCUT2D eigenvalue weighted by Crippen LogP contribution is -2.25. The largest absolute Gasteiger partial charge is 0.411 e. The molecular formula is C24H24N6O3S. The Morgan fingerprint density at radius 2 is 1.82 bits per heavy atom. The molecule has 0 unspecified atom stereocenters. The van der Waals surface area contributed by atoms with E-state index in [1.807, 2.05) is 42.5 Å². The minimum Gasteiger partial charge on any atom is -0.411 e. The number of aromatic nitrogens is 4. The van der Waals surface area contributed by atoms with Gasteiger partial charge in [-0.1, -0.05) is 41.6 Å². The highest BCUT2D eigenvalue weighted by molar-refractivity contribution is 7.91. The third-order valence-corrected chi connectivity index (χ3v) is 8.02. The van der Waals surface area contributed by atoms with E-state index in [-0.39, 0.29) is 17.4 Å². The Bertz CT molecular complexity index is 1480. The monoisotopic (exact) mass is 476 g/mol. The second kappa shape index (κ2) is 8.53. The molecule has 0 radical (unpaired) electrons. The first kappa shape index (κ1) is 22.0. The predicted octanol–water partition coefficient (Wildman–Crippen LogP) is 3.53. The average Bonchev–Trinajstić information content (AvgIpc) is 3.28. The second-order valence-electron chi connectivity index (χ2n) is 8.46. The molecule has 3 aromatic heterocycles. The van der Waals surface area contributed by atoms with Crippen molar-refractivity contribution < 1.29 is 13.6 Å². The Kier molecular flexibility index (Phi) is 5.52. The van der Waals surface area contributed by atoms with E-state index >= 15 is 0 Å². The normalized spacial score (nSPS) is 16.7. The molecule has 4 heterocycles. The van der Waals surface area contributed by atoms with Gasteiger partial charge in [0.15, 0.2) is 5.65 Å². The molecule has 9 nitrogen and oxygen atoms in total. The first-order valence-corrected chi connectivity index (χ1v) is 12.8. The van der Waals surface area contributed by atoms with Crippen LogP contribution in [0, 0.1) is 0 Å². The molecule has 1 aromatic carbocycles. The van der Waals surface area contributed by atoms with Crippen LogP contribution >= 0.6 is 0 Å². The molecule has 10 heteroatoms. The summed E-state index contributed by atoms with van der Waals surface area (Å²) in [5.41, 5.74) is 11.9. The number of oxime groups is 1. The van der Waals surface area contributed by atoms with Crippen LogP contribution in [0.3, 0.4) is 0 Å². The van der Waals surface area contributed by atoms with Gasteiger partial charge in [0.05, 0.1) is 40.4 Å². The smallest absolute Gasteiger partial charge is 0.165 e. The van der Waals surface area contributed by atoms with Crippen molar-refractivity contribution in [1.29, 1.82) is 0 Å². The van der Waals surface area contributed by atoms with Gasteiger partial charge in [0.25, 0.3) is 0 Å². The number of nitrogen functional groups attached to an aromatic ring is 1. The van der Waals surface area contributed by atoms with E-state index in [1.165, 1.54) is 4.52 Å². The summed E-state index contributed by atoms with van der Waals surface area (Å²) < 4.78 is 25.5. The molecule has 34 heavy (non-hydrogen) atoms. The van der Waals surface area contributed by atoms with Crippen molar-refractivity contribution in [3.8, 4) is 22.4 Å². The zero-order valence-electron chi connectivity index (χ0n) is 18.6. The van der Waals surface area contributed by atoms with Crippen molar-refractivity contribution in [2.45, 2.75) is 25.7 Å². The Labute approximate surface area is 196 Å². The molecule has 4 aromatic rings. The van der Waals surface area contributed by atoms with E-state index < -0.39 is 9.84 Å². The van der Waals surface area contributed by atoms with Gasteiger partial charge in [-0.2, -0.15) is 9.61 Å². The average molecular weight is 477 g/mol. The third-order valence-electron chi connectivity index (χ3n) is 6.31. The van der Waals surface area contributed by atoms with Crippen molar-refractivity contribution >= 4 is 27.0 Å². The SMILES string of the molecule is CC(=NO)c1c(C2CCS(=O)(=O)CC2)nc2c(-c3ccc(-c4ccccc4)nc3)cnn2c1N. The molecule has 1 aliphatic rings. The van der Waals surface area contributed by atoms with Crippen LogP contribution in [0.15, 0.2) is 60.0 Å². The highest BCUT2D eigenvalue weighted by atomic mass is 32.2. The number of hydrogen-bond acceptors (Lipinski definition) is 8. The van der Waals surface area contributed by atoms with Crippen LogP contribution in [0.2, 0.25) is 0 Å². The molecule has 1 fully saturated rings. The van der Waals surface area contributed by atoms with Crippen molar-refractivity contribution in [1.82, 2.24) is 19.6 Å². The Morgan fingerprint density at radius 3 is 2.47 bits per heavy atom. The van der Waals surface area contributed by atoms with Crippen LogP contribution in [0.5, 0.6) is 0 Å². The molecule has 0 atom stereocenters. The molecular weight excluding hydrogens is 452 g/mol. The van der Waals surface area contributed by atoms with Gasteiger partial charge in [-0.15, -0.1) is 0 Å². The standard InChI is InChI=1S/C24H24N6O3S/c1-15(29-31)21-22(17-9-11-34(32,33)12-10-17)28-24-19(14-27-30(24)23(21)25)18-7-8-20(26-13-18)16-5-3-2-4-6-16/h2-8,13-14,17,31H,9-12,25H2,1H3. The summed E-state index contributed by atoms with van der Waals surface area (Å²) in [6.45, 7) is 1.64. The lowest BCUT2D eigenvalue weighted by molar-refractivity contribution is 0.319. The van der Waals surface area contributed by atoms with Crippen LogP contribution in [-0.4, -0.2) is 50.4 Å². The fourth-order valence-electron chi connectivity index (χ4n) is 4.45. The maximum Gasteiger partial charge on any atom is 0.165 e. The van der Waals surface area contributed by atoms with E-state index in [0.29, 0.717) is 41.3 Å². The lowest BCUT2D eigenvalue weighted by Gasteiger charge is -2.24. The van der Waals surface area contributed by atoms with Gasteiger partial charge in [-0.25, -0.2) is 13.4 Å². The topological polar surface area (TPSA) is 136 Å². The molecule has 3 N–H and O–H groups in total. The van der Waals surface area contributed by atoms with E-state index in [1.54, 1.807) is 19.3 Å². The summed E-state index contributed by atoms with van der Waals surface area (Å²) in [7, 11) is -3.05. The number of hydrogen-bond donors (Lipinski definition) is 2. The van der Waals surface area contributed by atoms with Crippen LogP contribution in [0.25, 0.3) is 28.0 Å². The number of anilines is 1. The minimum atomic E-state index is -3.05. The molecule has 0 spiro atoms. The van der Waals surface area contributed by atoms with Gasteiger partial charge in [-0.3, -0.25) is 4.98 Å². The van der Waals surface area contributed by atoms with Crippen LogP contribution in [-0.2, 0) is 9.84 Å². The van der Waals surface area contributed by atoms with E-state index in [0.717, 1.165) is 22.4 Å². The number of benzene rings is 1. The summed E-state index contributed by atoms with van der Waals surface area (Å²) in [5.74, 6) is 0.361. The van der Waals surface area contributed by atoms with E-state index in [4.69, 9.17) is 10.7 Å². The molecule has 0 bridgehead atoms. The molecule has 5 rings (SSSR count). The predicted molar refractivity (Wildman–Crippen MR) is 131 cm³/mol. The zero-order valence-corrected chi connectivity index (χ0v) is 19.4.